The molecule has 138 valence electrons. The summed E-state index contributed by atoms with van der Waals surface area (Å²) in [5.41, 5.74) is 0. The Balaban J connectivity index is 1.82. The van der Waals surface area contributed by atoms with Crippen molar-refractivity contribution in [2.75, 3.05) is 66.0 Å². The number of rotatable bonds is 6. The van der Waals surface area contributed by atoms with Gasteiger partial charge < -0.3 is 24.8 Å². The standard InChI is InChI=1S/C17H33N5O2/c1-4-18-17(19-8-9-20(3)5-2)22-12-10-21(11-13-22)16(23)15-7-6-14-24-15/h15H,4-14H2,1-3H3,(H,18,19). The number of likely N-dealkylation sites (N-methyl/N-ethyl adjacent to an activating group) is 1. The number of piperazine rings is 1. The van der Waals surface area contributed by atoms with Crippen molar-refractivity contribution in [3.8, 4) is 0 Å². The molecule has 0 aromatic heterocycles. The summed E-state index contributed by atoms with van der Waals surface area (Å²) in [4.78, 5) is 23.6. The van der Waals surface area contributed by atoms with E-state index in [1.807, 2.05) is 4.90 Å². The van der Waals surface area contributed by atoms with Crippen LogP contribution < -0.4 is 5.32 Å². The SMILES string of the molecule is CCNC(=NCCN(C)CC)N1CCN(C(=O)C2CCCO2)CC1. The summed E-state index contributed by atoms with van der Waals surface area (Å²) < 4.78 is 5.52. The van der Waals surface area contributed by atoms with Gasteiger partial charge in [-0.3, -0.25) is 9.79 Å². The average Bonchev–Trinajstić information content (AvgIpc) is 3.15. The van der Waals surface area contributed by atoms with Crippen molar-refractivity contribution >= 4 is 11.9 Å². The van der Waals surface area contributed by atoms with E-state index >= 15 is 0 Å². The summed E-state index contributed by atoms with van der Waals surface area (Å²) in [6.45, 7) is 11.8. The highest BCUT2D eigenvalue weighted by atomic mass is 16.5. The van der Waals surface area contributed by atoms with Crippen LogP contribution in [0.2, 0.25) is 0 Å². The minimum Gasteiger partial charge on any atom is -0.368 e. The fourth-order valence-electron chi connectivity index (χ4n) is 3.03. The second-order valence-corrected chi connectivity index (χ2v) is 6.45. The minimum atomic E-state index is -0.206. The molecule has 0 bridgehead atoms. The highest BCUT2D eigenvalue weighted by Gasteiger charge is 2.30. The predicted octanol–water partition coefficient (Wildman–Crippen LogP) is 0.227. The maximum absolute atomic E-state index is 12.4. The molecule has 7 nitrogen and oxygen atoms in total. The highest BCUT2D eigenvalue weighted by Crippen LogP contribution is 2.16. The number of aliphatic imine (C=N–C) groups is 1. The van der Waals surface area contributed by atoms with Gasteiger partial charge in [0.05, 0.1) is 6.54 Å². The Hall–Kier alpha value is -1.34. The lowest BCUT2D eigenvalue weighted by Gasteiger charge is -2.37. The van der Waals surface area contributed by atoms with E-state index in [2.05, 4.69) is 36.0 Å². The number of hydrogen-bond donors (Lipinski definition) is 1. The number of nitrogens with zero attached hydrogens (tertiary/aromatic N) is 4. The Bertz CT molecular complexity index is 415. The van der Waals surface area contributed by atoms with Crippen molar-refractivity contribution in [1.29, 1.82) is 0 Å². The van der Waals surface area contributed by atoms with E-state index in [1.54, 1.807) is 0 Å². The molecule has 0 saturated carbocycles. The van der Waals surface area contributed by atoms with Crippen LogP contribution in [0.5, 0.6) is 0 Å². The van der Waals surface area contributed by atoms with Gasteiger partial charge in [-0.15, -0.1) is 0 Å². The van der Waals surface area contributed by atoms with E-state index in [-0.39, 0.29) is 12.0 Å². The minimum absolute atomic E-state index is 0.165. The number of carbonyl (C=O) groups excluding carboxylic acids is 1. The number of guanidine groups is 1. The van der Waals surface area contributed by atoms with E-state index in [1.165, 1.54) is 0 Å². The number of hydrogen-bond acceptors (Lipinski definition) is 4. The van der Waals surface area contributed by atoms with Gasteiger partial charge in [0, 0.05) is 45.9 Å². The molecule has 1 unspecified atom stereocenters. The molecule has 2 rings (SSSR count). The number of ether oxygens (including phenoxy) is 1. The first-order valence-electron chi connectivity index (χ1n) is 9.27. The summed E-state index contributed by atoms with van der Waals surface area (Å²) in [6, 6.07) is 0. The van der Waals surface area contributed by atoms with Gasteiger partial charge >= 0.3 is 0 Å². The molecule has 2 aliphatic rings. The average molecular weight is 339 g/mol. The molecule has 2 fully saturated rings. The fourth-order valence-corrected chi connectivity index (χ4v) is 3.03. The second-order valence-electron chi connectivity index (χ2n) is 6.45. The summed E-state index contributed by atoms with van der Waals surface area (Å²) in [5.74, 6) is 1.13. The van der Waals surface area contributed by atoms with E-state index in [0.717, 1.165) is 77.8 Å². The van der Waals surface area contributed by atoms with Crippen LogP contribution >= 0.6 is 0 Å². The molecule has 0 spiro atoms. The third-order valence-electron chi connectivity index (χ3n) is 4.71. The van der Waals surface area contributed by atoms with Crippen molar-refractivity contribution < 1.29 is 9.53 Å². The van der Waals surface area contributed by atoms with E-state index in [0.29, 0.717) is 0 Å². The van der Waals surface area contributed by atoms with Crippen LogP contribution in [0.1, 0.15) is 26.7 Å². The zero-order chi connectivity index (χ0) is 17.4. The predicted molar refractivity (Wildman–Crippen MR) is 96.3 cm³/mol. The fraction of sp³-hybridized carbons (Fsp3) is 0.882. The molecule has 0 aliphatic carbocycles. The van der Waals surface area contributed by atoms with Crippen LogP contribution in [0.15, 0.2) is 4.99 Å². The second kappa shape index (κ2) is 9.84. The first kappa shape index (κ1) is 19.0. The van der Waals surface area contributed by atoms with E-state index in [4.69, 9.17) is 9.73 Å². The zero-order valence-corrected chi connectivity index (χ0v) is 15.5. The Labute approximate surface area is 146 Å². The first-order chi connectivity index (χ1) is 11.7. The normalized spacial score (nSPS) is 22.3. The monoisotopic (exact) mass is 339 g/mol. The van der Waals surface area contributed by atoms with E-state index in [9.17, 15) is 4.79 Å². The molecule has 1 N–H and O–H groups in total. The molecule has 24 heavy (non-hydrogen) atoms. The lowest BCUT2D eigenvalue weighted by Crippen LogP contribution is -2.55. The van der Waals surface area contributed by atoms with Gasteiger partial charge in [-0.1, -0.05) is 6.92 Å². The third kappa shape index (κ3) is 5.34. The van der Waals surface area contributed by atoms with Gasteiger partial charge in [0.15, 0.2) is 5.96 Å². The summed E-state index contributed by atoms with van der Waals surface area (Å²) >= 11 is 0. The summed E-state index contributed by atoms with van der Waals surface area (Å²) in [7, 11) is 2.11. The van der Waals surface area contributed by atoms with Gasteiger partial charge in [0.25, 0.3) is 5.91 Å². The van der Waals surface area contributed by atoms with Crippen molar-refractivity contribution in [2.45, 2.75) is 32.8 Å². The Morgan fingerprint density at radius 1 is 1.25 bits per heavy atom. The molecule has 0 aromatic carbocycles. The lowest BCUT2D eigenvalue weighted by atomic mass is 10.2. The number of amides is 1. The van der Waals surface area contributed by atoms with Crippen LogP contribution in [-0.4, -0.2) is 98.7 Å². The Morgan fingerprint density at radius 3 is 2.54 bits per heavy atom. The number of carbonyl (C=O) groups is 1. The Kier molecular flexibility index (Phi) is 7.78. The van der Waals surface area contributed by atoms with Gasteiger partial charge in [-0.25, -0.2) is 0 Å². The Morgan fingerprint density at radius 2 is 1.96 bits per heavy atom. The van der Waals surface area contributed by atoms with Gasteiger partial charge in [-0.2, -0.15) is 0 Å². The molecule has 1 amide bonds. The topological polar surface area (TPSA) is 60.4 Å². The van der Waals surface area contributed by atoms with Crippen molar-refractivity contribution in [2.24, 2.45) is 4.99 Å². The molecule has 0 aromatic rings. The first-order valence-corrected chi connectivity index (χ1v) is 9.27. The van der Waals surface area contributed by atoms with Crippen LogP contribution in [0.3, 0.4) is 0 Å². The van der Waals surface area contributed by atoms with E-state index < -0.39 is 0 Å². The molecular weight excluding hydrogens is 306 g/mol. The van der Waals surface area contributed by atoms with Crippen LogP contribution in [0, 0.1) is 0 Å². The van der Waals surface area contributed by atoms with Gasteiger partial charge in [0.1, 0.15) is 6.10 Å². The maximum atomic E-state index is 12.4. The molecule has 0 radical (unpaired) electrons. The number of nitrogens with one attached hydrogen (secondary N) is 1. The molecular formula is C17H33N5O2. The largest absolute Gasteiger partial charge is 0.368 e. The maximum Gasteiger partial charge on any atom is 0.251 e. The molecule has 2 saturated heterocycles. The van der Waals surface area contributed by atoms with Crippen molar-refractivity contribution in [3.05, 3.63) is 0 Å². The summed E-state index contributed by atoms with van der Waals surface area (Å²) in [6.07, 6.45) is 1.66. The molecule has 1 atom stereocenters. The highest BCUT2D eigenvalue weighted by molar-refractivity contribution is 5.82. The molecule has 2 aliphatic heterocycles. The van der Waals surface area contributed by atoms with Gasteiger partial charge in [0.2, 0.25) is 0 Å². The van der Waals surface area contributed by atoms with Crippen LogP contribution in [0.4, 0.5) is 0 Å². The van der Waals surface area contributed by atoms with Crippen LogP contribution in [-0.2, 0) is 9.53 Å². The quantitative estimate of drug-likeness (QED) is 0.554. The van der Waals surface area contributed by atoms with Gasteiger partial charge in [-0.05, 0) is 33.4 Å². The smallest absolute Gasteiger partial charge is 0.251 e. The van der Waals surface area contributed by atoms with Crippen molar-refractivity contribution in [1.82, 2.24) is 20.0 Å². The summed E-state index contributed by atoms with van der Waals surface area (Å²) in [5, 5.41) is 3.37. The van der Waals surface area contributed by atoms with Crippen LogP contribution in [0.25, 0.3) is 0 Å². The van der Waals surface area contributed by atoms with Crippen molar-refractivity contribution in [3.63, 3.8) is 0 Å². The zero-order valence-electron chi connectivity index (χ0n) is 15.5. The molecule has 2 heterocycles. The lowest BCUT2D eigenvalue weighted by molar-refractivity contribution is -0.142. The molecule has 7 heteroatoms. The third-order valence-corrected chi connectivity index (χ3v) is 4.71.